The lowest BCUT2D eigenvalue weighted by Gasteiger charge is -2.20. The quantitative estimate of drug-likeness (QED) is 0.603. The molecular weight excluding hydrogens is 374 g/mol. The van der Waals surface area contributed by atoms with E-state index in [0.29, 0.717) is 5.02 Å². The van der Waals surface area contributed by atoms with Crippen molar-refractivity contribution < 1.29 is 14.3 Å². The van der Waals surface area contributed by atoms with E-state index in [0.717, 1.165) is 35.2 Å². The van der Waals surface area contributed by atoms with Gasteiger partial charge in [-0.1, -0.05) is 69.6 Å². The third-order valence-corrected chi connectivity index (χ3v) is 5.01. The number of hydrogen-bond acceptors (Lipinski definition) is 3. The molecule has 2 aromatic carbocycles. The Morgan fingerprint density at radius 1 is 1.00 bits per heavy atom. The van der Waals surface area contributed by atoms with Crippen molar-refractivity contribution in [3.63, 3.8) is 0 Å². The van der Waals surface area contributed by atoms with Gasteiger partial charge in [-0.2, -0.15) is 0 Å². The molecule has 0 heterocycles. The van der Waals surface area contributed by atoms with E-state index in [1.807, 2.05) is 58.0 Å². The maximum atomic E-state index is 12.6. The molecule has 4 nitrogen and oxygen atoms in total. The van der Waals surface area contributed by atoms with E-state index in [-0.39, 0.29) is 18.4 Å². The van der Waals surface area contributed by atoms with Crippen LogP contribution >= 0.6 is 11.6 Å². The normalized spacial score (nSPS) is 11.9. The maximum absolute atomic E-state index is 12.6. The highest BCUT2D eigenvalue weighted by Gasteiger charge is 2.26. The Morgan fingerprint density at radius 3 is 2.07 bits per heavy atom. The number of amides is 1. The molecule has 0 fully saturated rings. The first-order valence-corrected chi connectivity index (χ1v) is 10.1. The van der Waals surface area contributed by atoms with Crippen LogP contribution in [-0.4, -0.2) is 18.5 Å². The Morgan fingerprint density at radius 2 is 1.57 bits per heavy atom. The molecule has 0 unspecified atom stereocenters. The standard InChI is InChI=1S/C23H28ClNO3/c1-5-16-8-7-9-17(6-2)22(16)25-20(26)14-28-23(27)21(15(3)4)18-10-12-19(24)13-11-18/h7-13,15,21H,5-6,14H2,1-4H3,(H,25,26)/t21-/m0/s1. The fourth-order valence-corrected chi connectivity index (χ4v) is 3.39. The third-order valence-electron chi connectivity index (χ3n) is 4.76. The summed E-state index contributed by atoms with van der Waals surface area (Å²) >= 11 is 5.94. The SMILES string of the molecule is CCc1cccc(CC)c1NC(=O)COC(=O)[C@H](c1ccc(Cl)cc1)C(C)C. The largest absolute Gasteiger partial charge is 0.455 e. The summed E-state index contributed by atoms with van der Waals surface area (Å²) in [7, 11) is 0. The number of esters is 1. The summed E-state index contributed by atoms with van der Waals surface area (Å²) in [4.78, 5) is 25.1. The van der Waals surface area contributed by atoms with Crippen molar-refractivity contribution in [1.82, 2.24) is 0 Å². The van der Waals surface area contributed by atoms with Gasteiger partial charge in [-0.15, -0.1) is 0 Å². The number of benzene rings is 2. The number of rotatable bonds is 8. The molecule has 28 heavy (non-hydrogen) atoms. The predicted octanol–water partition coefficient (Wildman–Crippen LogP) is 5.39. The minimum atomic E-state index is -0.445. The van der Waals surface area contributed by atoms with Gasteiger partial charge in [0.2, 0.25) is 0 Å². The van der Waals surface area contributed by atoms with E-state index < -0.39 is 11.9 Å². The van der Waals surface area contributed by atoms with Crippen molar-refractivity contribution in [2.45, 2.75) is 46.5 Å². The van der Waals surface area contributed by atoms with Gasteiger partial charge in [0.25, 0.3) is 5.91 Å². The van der Waals surface area contributed by atoms with Crippen molar-refractivity contribution in [2.75, 3.05) is 11.9 Å². The Kier molecular flexibility index (Phi) is 8.06. The average molecular weight is 402 g/mol. The van der Waals surface area contributed by atoms with Crippen LogP contribution in [0.5, 0.6) is 0 Å². The lowest BCUT2D eigenvalue weighted by Crippen LogP contribution is -2.26. The zero-order valence-electron chi connectivity index (χ0n) is 16.9. The molecule has 2 rings (SSSR count). The van der Waals surface area contributed by atoms with Crippen molar-refractivity contribution >= 4 is 29.2 Å². The minimum absolute atomic E-state index is 0.0317. The van der Waals surface area contributed by atoms with E-state index in [4.69, 9.17) is 16.3 Å². The van der Waals surface area contributed by atoms with Crippen LogP contribution in [0.3, 0.4) is 0 Å². The summed E-state index contributed by atoms with van der Waals surface area (Å²) in [5.74, 6) is -1.15. The molecule has 2 aromatic rings. The second-order valence-electron chi connectivity index (χ2n) is 7.09. The van der Waals surface area contributed by atoms with E-state index in [1.165, 1.54) is 0 Å². The monoisotopic (exact) mass is 401 g/mol. The van der Waals surface area contributed by atoms with E-state index in [9.17, 15) is 9.59 Å². The molecule has 0 aliphatic heterocycles. The van der Waals surface area contributed by atoms with Gasteiger partial charge in [0.05, 0.1) is 5.92 Å². The molecule has 0 spiro atoms. The summed E-state index contributed by atoms with van der Waals surface area (Å²) < 4.78 is 5.35. The van der Waals surface area contributed by atoms with E-state index in [1.54, 1.807) is 12.1 Å². The van der Waals surface area contributed by atoms with E-state index >= 15 is 0 Å². The molecule has 0 aliphatic rings. The molecule has 0 saturated carbocycles. The molecule has 150 valence electrons. The van der Waals surface area contributed by atoms with Gasteiger partial charge >= 0.3 is 5.97 Å². The van der Waals surface area contributed by atoms with Crippen LogP contribution < -0.4 is 5.32 Å². The highest BCUT2D eigenvalue weighted by atomic mass is 35.5. The molecule has 1 atom stereocenters. The van der Waals surface area contributed by atoms with Gasteiger partial charge in [-0.05, 0) is 47.6 Å². The van der Waals surface area contributed by atoms with Crippen LogP contribution in [0.25, 0.3) is 0 Å². The number of carbonyl (C=O) groups is 2. The van der Waals surface area contributed by atoms with Crippen LogP contribution in [0.1, 0.15) is 50.3 Å². The number of carbonyl (C=O) groups excluding carboxylic acids is 2. The molecule has 0 radical (unpaired) electrons. The number of halogens is 1. The van der Waals surface area contributed by atoms with Crippen molar-refractivity contribution in [1.29, 1.82) is 0 Å². The maximum Gasteiger partial charge on any atom is 0.314 e. The summed E-state index contributed by atoms with van der Waals surface area (Å²) in [6.07, 6.45) is 1.63. The first kappa shape index (κ1) is 22.0. The van der Waals surface area contributed by atoms with Gasteiger partial charge in [0.15, 0.2) is 6.61 Å². The molecule has 1 N–H and O–H groups in total. The first-order valence-electron chi connectivity index (χ1n) is 9.70. The highest BCUT2D eigenvalue weighted by Crippen LogP contribution is 2.27. The topological polar surface area (TPSA) is 55.4 Å². The Bertz CT molecular complexity index is 793. The molecule has 0 aliphatic carbocycles. The van der Waals surface area contributed by atoms with E-state index in [2.05, 4.69) is 5.32 Å². The number of aryl methyl sites for hydroxylation is 2. The van der Waals surface area contributed by atoms with Gasteiger partial charge in [0.1, 0.15) is 0 Å². The number of para-hydroxylation sites is 1. The van der Waals surface area contributed by atoms with Crippen LogP contribution in [-0.2, 0) is 27.2 Å². The second kappa shape index (κ2) is 10.3. The van der Waals surface area contributed by atoms with Gasteiger partial charge in [0, 0.05) is 10.7 Å². The summed E-state index contributed by atoms with van der Waals surface area (Å²) in [6, 6.07) is 13.1. The lowest BCUT2D eigenvalue weighted by molar-refractivity contribution is -0.149. The predicted molar refractivity (Wildman–Crippen MR) is 114 cm³/mol. The zero-order chi connectivity index (χ0) is 20.7. The number of ether oxygens (including phenoxy) is 1. The fraction of sp³-hybridized carbons (Fsp3) is 0.391. The fourth-order valence-electron chi connectivity index (χ4n) is 3.27. The van der Waals surface area contributed by atoms with Crippen LogP contribution in [0.15, 0.2) is 42.5 Å². The van der Waals surface area contributed by atoms with Crippen molar-refractivity contribution in [2.24, 2.45) is 5.92 Å². The average Bonchev–Trinajstić information content (AvgIpc) is 2.68. The highest BCUT2D eigenvalue weighted by molar-refractivity contribution is 6.30. The van der Waals surface area contributed by atoms with Gasteiger partial charge in [-0.25, -0.2) is 0 Å². The Hall–Kier alpha value is -2.33. The van der Waals surface area contributed by atoms with Gasteiger partial charge in [-0.3, -0.25) is 9.59 Å². The minimum Gasteiger partial charge on any atom is -0.455 e. The molecule has 1 amide bonds. The third kappa shape index (κ3) is 5.59. The van der Waals surface area contributed by atoms with Gasteiger partial charge < -0.3 is 10.1 Å². The lowest BCUT2D eigenvalue weighted by atomic mass is 9.88. The molecule has 0 saturated heterocycles. The smallest absolute Gasteiger partial charge is 0.314 e. The Labute approximate surface area is 172 Å². The van der Waals surface area contributed by atoms with Crippen LogP contribution in [0.2, 0.25) is 5.02 Å². The molecule has 0 bridgehead atoms. The molecule has 5 heteroatoms. The zero-order valence-corrected chi connectivity index (χ0v) is 17.7. The van der Waals surface area contributed by atoms with Crippen LogP contribution in [0.4, 0.5) is 5.69 Å². The first-order chi connectivity index (χ1) is 13.4. The number of hydrogen-bond donors (Lipinski definition) is 1. The number of anilines is 1. The Balaban J connectivity index is 2.05. The van der Waals surface area contributed by atoms with Crippen LogP contribution in [0, 0.1) is 5.92 Å². The molecular formula is C23H28ClNO3. The summed E-state index contributed by atoms with van der Waals surface area (Å²) in [5.41, 5.74) is 3.79. The summed E-state index contributed by atoms with van der Waals surface area (Å²) in [5, 5.41) is 3.53. The summed E-state index contributed by atoms with van der Waals surface area (Å²) in [6.45, 7) is 7.68. The second-order valence-corrected chi connectivity index (χ2v) is 7.52. The van der Waals surface area contributed by atoms with Crippen molar-refractivity contribution in [3.05, 3.63) is 64.2 Å². The van der Waals surface area contributed by atoms with Crippen molar-refractivity contribution in [3.8, 4) is 0 Å². The number of nitrogens with one attached hydrogen (secondary N) is 1. The molecule has 0 aromatic heterocycles.